The lowest BCUT2D eigenvalue weighted by atomic mass is 9.89. The highest BCUT2D eigenvalue weighted by Crippen LogP contribution is 2.38. The topological polar surface area (TPSA) is 76.7 Å². The van der Waals surface area contributed by atoms with E-state index in [9.17, 15) is 4.79 Å². The standard InChI is InChI=1S/C13H15N3O2S/c1-13(4-5-19-12(14)16-13)8-2-3-10-9(6-8)15-11(17)7-18-10/h2-3,6H,4-5,7H2,1H3,(H2,14,16)(H,15,17). The molecule has 5 nitrogen and oxygen atoms in total. The van der Waals surface area contributed by atoms with Gasteiger partial charge in [0.1, 0.15) is 5.75 Å². The first-order valence-electron chi connectivity index (χ1n) is 6.12. The first kappa shape index (κ1) is 12.3. The molecule has 1 aromatic carbocycles. The van der Waals surface area contributed by atoms with Crippen molar-refractivity contribution in [3.63, 3.8) is 0 Å². The van der Waals surface area contributed by atoms with Crippen LogP contribution in [-0.4, -0.2) is 23.4 Å². The smallest absolute Gasteiger partial charge is 0.262 e. The van der Waals surface area contributed by atoms with Crippen molar-refractivity contribution in [2.75, 3.05) is 17.7 Å². The van der Waals surface area contributed by atoms with Gasteiger partial charge in [-0.05, 0) is 31.0 Å². The van der Waals surface area contributed by atoms with Crippen LogP contribution < -0.4 is 15.8 Å². The number of hydrogen-bond acceptors (Lipinski definition) is 5. The Kier molecular flexibility index (Phi) is 2.89. The number of fused-ring (bicyclic) bond motifs is 1. The maximum atomic E-state index is 11.4. The number of benzene rings is 1. The van der Waals surface area contributed by atoms with E-state index in [0.717, 1.165) is 17.7 Å². The summed E-state index contributed by atoms with van der Waals surface area (Å²) in [6.07, 6.45) is 0.923. The highest BCUT2D eigenvalue weighted by atomic mass is 32.2. The summed E-state index contributed by atoms with van der Waals surface area (Å²) in [5.41, 5.74) is 7.25. The van der Waals surface area contributed by atoms with Gasteiger partial charge in [-0.2, -0.15) is 0 Å². The number of amidine groups is 1. The van der Waals surface area contributed by atoms with Crippen LogP contribution in [0.1, 0.15) is 18.9 Å². The largest absolute Gasteiger partial charge is 0.482 e. The Morgan fingerprint density at radius 1 is 1.53 bits per heavy atom. The number of ether oxygens (including phenoxy) is 1. The van der Waals surface area contributed by atoms with E-state index in [2.05, 4.69) is 17.2 Å². The first-order valence-corrected chi connectivity index (χ1v) is 7.11. The summed E-state index contributed by atoms with van der Waals surface area (Å²) < 4.78 is 5.36. The second kappa shape index (κ2) is 4.45. The summed E-state index contributed by atoms with van der Waals surface area (Å²) in [6.45, 7) is 2.14. The minimum atomic E-state index is -0.327. The third-order valence-electron chi connectivity index (χ3n) is 3.43. The molecule has 0 fully saturated rings. The average Bonchev–Trinajstić information content (AvgIpc) is 2.37. The van der Waals surface area contributed by atoms with Crippen molar-refractivity contribution >= 4 is 28.5 Å². The second-order valence-electron chi connectivity index (χ2n) is 4.87. The van der Waals surface area contributed by atoms with Gasteiger partial charge in [0.15, 0.2) is 11.8 Å². The fourth-order valence-corrected chi connectivity index (χ4v) is 3.29. The molecule has 0 bridgehead atoms. The van der Waals surface area contributed by atoms with E-state index in [4.69, 9.17) is 10.5 Å². The molecule has 2 aliphatic rings. The number of nitrogens with zero attached hydrogens (tertiary/aromatic N) is 1. The number of carbonyl (C=O) groups is 1. The number of nitrogens with two attached hydrogens (primary N) is 1. The minimum absolute atomic E-state index is 0.0748. The fraction of sp³-hybridized carbons (Fsp3) is 0.385. The van der Waals surface area contributed by atoms with Crippen LogP contribution in [0.3, 0.4) is 0 Å². The van der Waals surface area contributed by atoms with Gasteiger partial charge < -0.3 is 15.8 Å². The summed E-state index contributed by atoms with van der Waals surface area (Å²) in [5.74, 6) is 1.53. The van der Waals surface area contributed by atoms with E-state index in [1.54, 1.807) is 11.8 Å². The molecule has 1 unspecified atom stereocenters. The van der Waals surface area contributed by atoms with Crippen molar-refractivity contribution < 1.29 is 9.53 Å². The molecule has 0 saturated carbocycles. The maximum absolute atomic E-state index is 11.4. The Morgan fingerprint density at radius 2 is 2.37 bits per heavy atom. The molecule has 0 radical (unpaired) electrons. The lowest BCUT2D eigenvalue weighted by Gasteiger charge is -2.30. The van der Waals surface area contributed by atoms with Crippen LogP contribution in [0.15, 0.2) is 23.2 Å². The lowest BCUT2D eigenvalue weighted by Crippen LogP contribution is -2.30. The van der Waals surface area contributed by atoms with E-state index >= 15 is 0 Å². The molecule has 1 atom stereocenters. The summed E-state index contributed by atoms with van der Waals surface area (Å²) in [5, 5.41) is 3.44. The number of amides is 1. The van der Waals surface area contributed by atoms with E-state index in [1.807, 2.05) is 18.2 Å². The third-order valence-corrected chi connectivity index (χ3v) is 4.23. The third kappa shape index (κ3) is 2.28. The van der Waals surface area contributed by atoms with E-state index < -0.39 is 0 Å². The van der Waals surface area contributed by atoms with Gasteiger partial charge in [-0.15, -0.1) is 0 Å². The lowest BCUT2D eigenvalue weighted by molar-refractivity contribution is -0.118. The summed E-state index contributed by atoms with van der Waals surface area (Å²) >= 11 is 1.58. The van der Waals surface area contributed by atoms with Crippen LogP contribution in [0.4, 0.5) is 5.69 Å². The Bertz CT molecular complexity index is 573. The molecule has 6 heteroatoms. The predicted molar refractivity (Wildman–Crippen MR) is 76.6 cm³/mol. The highest BCUT2D eigenvalue weighted by molar-refractivity contribution is 8.13. The van der Waals surface area contributed by atoms with Crippen LogP contribution in [0, 0.1) is 0 Å². The quantitative estimate of drug-likeness (QED) is 0.819. The van der Waals surface area contributed by atoms with Gasteiger partial charge in [-0.1, -0.05) is 17.8 Å². The van der Waals surface area contributed by atoms with Gasteiger partial charge in [0, 0.05) is 5.75 Å². The number of anilines is 1. The second-order valence-corrected chi connectivity index (χ2v) is 5.99. The molecule has 0 spiro atoms. The molecule has 100 valence electrons. The van der Waals surface area contributed by atoms with Crippen molar-refractivity contribution in [2.24, 2.45) is 10.7 Å². The van der Waals surface area contributed by atoms with Crippen LogP contribution in [-0.2, 0) is 10.3 Å². The number of hydrogen-bond donors (Lipinski definition) is 2. The fourth-order valence-electron chi connectivity index (χ4n) is 2.31. The van der Waals surface area contributed by atoms with Gasteiger partial charge >= 0.3 is 0 Å². The number of nitrogens with one attached hydrogen (secondary N) is 1. The number of aliphatic imine (C=N–C) groups is 1. The Morgan fingerprint density at radius 3 is 3.16 bits per heavy atom. The SMILES string of the molecule is CC1(c2ccc3c(c2)NC(=O)CO3)CCSC(N)=N1. The van der Waals surface area contributed by atoms with Crippen molar-refractivity contribution in [3.05, 3.63) is 23.8 Å². The molecular weight excluding hydrogens is 262 g/mol. The Labute approximate surface area is 115 Å². The van der Waals surface area contributed by atoms with E-state index in [0.29, 0.717) is 16.6 Å². The summed E-state index contributed by atoms with van der Waals surface area (Å²) in [4.78, 5) is 15.9. The monoisotopic (exact) mass is 277 g/mol. The van der Waals surface area contributed by atoms with Gasteiger partial charge in [-0.25, -0.2) is 0 Å². The van der Waals surface area contributed by atoms with Crippen molar-refractivity contribution in [1.29, 1.82) is 0 Å². The zero-order valence-corrected chi connectivity index (χ0v) is 11.4. The molecule has 1 amide bonds. The number of thioether (sulfide) groups is 1. The minimum Gasteiger partial charge on any atom is -0.482 e. The molecule has 2 heterocycles. The van der Waals surface area contributed by atoms with Crippen molar-refractivity contribution in [1.82, 2.24) is 0 Å². The zero-order chi connectivity index (χ0) is 13.5. The van der Waals surface area contributed by atoms with Crippen molar-refractivity contribution in [2.45, 2.75) is 18.9 Å². The van der Waals surface area contributed by atoms with Crippen LogP contribution >= 0.6 is 11.8 Å². The predicted octanol–water partition coefficient (Wildman–Crippen LogP) is 1.68. The van der Waals surface area contributed by atoms with Gasteiger partial charge in [0.2, 0.25) is 0 Å². The van der Waals surface area contributed by atoms with E-state index in [1.165, 1.54) is 0 Å². The highest BCUT2D eigenvalue weighted by Gasteiger charge is 2.30. The summed E-state index contributed by atoms with van der Waals surface area (Å²) in [7, 11) is 0. The molecule has 19 heavy (non-hydrogen) atoms. The Hall–Kier alpha value is -1.69. The van der Waals surface area contributed by atoms with Crippen LogP contribution in [0.5, 0.6) is 5.75 Å². The van der Waals surface area contributed by atoms with E-state index in [-0.39, 0.29) is 18.1 Å². The van der Waals surface area contributed by atoms with Gasteiger partial charge in [0.25, 0.3) is 5.91 Å². The normalized spacial score (nSPS) is 25.9. The molecule has 0 aromatic heterocycles. The maximum Gasteiger partial charge on any atom is 0.262 e. The molecule has 3 rings (SSSR count). The molecule has 2 aliphatic heterocycles. The molecular formula is C13H15N3O2S. The number of carbonyl (C=O) groups excluding carboxylic acids is 1. The molecule has 1 aromatic rings. The van der Waals surface area contributed by atoms with Crippen LogP contribution in [0.25, 0.3) is 0 Å². The zero-order valence-electron chi connectivity index (χ0n) is 10.6. The van der Waals surface area contributed by atoms with Gasteiger partial charge in [0.05, 0.1) is 11.2 Å². The van der Waals surface area contributed by atoms with Crippen LogP contribution in [0.2, 0.25) is 0 Å². The molecule has 3 N–H and O–H groups in total. The number of rotatable bonds is 1. The van der Waals surface area contributed by atoms with Crippen molar-refractivity contribution in [3.8, 4) is 5.75 Å². The first-order chi connectivity index (χ1) is 9.07. The molecule has 0 saturated heterocycles. The Balaban J connectivity index is 2.00. The van der Waals surface area contributed by atoms with Gasteiger partial charge in [-0.3, -0.25) is 9.79 Å². The molecule has 0 aliphatic carbocycles. The summed E-state index contributed by atoms with van der Waals surface area (Å²) in [6, 6.07) is 5.80. The average molecular weight is 277 g/mol.